The molecule has 0 saturated heterocycles. The summed E-state index contributed by atoms with van der Waals surface area (Å²) in [5.74, 6) is -2.06. The summed E-state index contributed by atoms with van der Waals surface area (Å²) in [7, 11) is 0. The molecule has 4 heterocycles. The number of halogens is 3. The molecular weight excluding hydrogens is 810 g/mol. The smallest absolute Gasteiger partial charge is 0.149 e. The molecule has 308 valence electrons. The third kappa shape index (κ3) is 6.39. The number of para-hydroxylation sites is 2. The van der Waals surface area contributed by atoms with Crippen LogP contribution in [0.3, 0.4) is 0 Å². The van der Waals surface area contributed by atoms with Crippen molar-refractivity contribution in [2.24, 2.45) is 0 Å². The van der Waals surface area contributed by atoms with Gasteiger partial charge in [0.25, 0.3) is 0 Å². The Hall–Kier alpha value is -8.55. The maximum Gasteiger partial charge on any atom is 0.149 e. The summed E-state index contributed by atoms with van der Waals surface area (Å²) in [4.78, 5) is 9.27. The number of hydrogen-bond donors (Lipinski definition) is 0. The van der Waals surface area contributed by atoms with Gasteiger partial charge in [-0.1, -0.05) is 115 Å². The highest BCUT2D eigenvalue weighted by Gasteiger charge is 2.25. The topological polar surface area (TPSA) is 35.6 Å². The normalized spacial score (nSPS) is 11.6. The van der Waals surface area contributed by atoms with Gasteiger partial charge in [0.15, 0.2) is 0 Å². The predicted octanol–water partition coefficient (Wildman–Crippen LogP) is 15.4. The first-order valence-electron chi connectivity index (χ1n) is 21.4. The molecule has 0 saturated carbocycles. The third-order valence-electron chi connectivity index (χ3n) is 12.4. The zero-order chi connectivity index (χ0) is 43.6. The monoisotopic (exact) mass is 844 g/mol. The lowest BCUT2D eigenvalue weighted by molar-refractivity contribution is 0.588. The van der Waals surface area contributed by atoms with Crippen LogP contribution in [0.4, 0.5) is 13.2 Å². The largest absolute Gasteiger partial charge is 0.309 e. The van der Waals surface area contributed by atoms with E-state index in [0.29, 0.717) is 5.69 Å². The Morgan fingerprint density at radius 3 is 1.28 bits per heavy atom. The quantitative estimate of drug-likeness (QED) is 0.160. The summed E-state index contributed by atoms with van der Waals surface area (Å²) in [5.41, 5.74) is 11.1. The lowest BCUT2D eigenvalue weighted by atomic mass is 10.00. The summed E-state index contributed by atoms with van der Waals surface area (Å²) in [5, 5.41) is 3.63. The van der Waals surface area contributed by atoms with Gasteiger partial charge in [-0.25, -0.2) is 13.2 Å². The van der Waals surface area contributed by atoms with Crippen molar-refractivity contribution in [1.82, 2.24) is 19.1 Å². The third-order valence-corrected chi connectivity index (χ3v) is 12.4. The summed E-state index contributed by atoms with van der Waals surface area (Å²) >= 11 is 0. The molecule has 0 aliphatic heterocycles. The van der Waals surface area contributed by atoms with Gasteiger partial charge >= 0.3 is 0 Å². The Morgan fingerprint density at radius 1 is 0.308 bits per heavy atom. The van der Waals surface area contributed by atoms with Gasteiger partial charge in [-0.15, -0.1) is 0 Å². The maximum atomic E-state index is 17.5. The first-order valence-corrected chi connectivity index (χ1v) is 21.4. The van der Waals surface area contributed by atoms with Crippen LogP contribution in [0.5, 0.6) is 0 Å². The molecule has 65 heavy (non-hydrogen) atoms. The van der Waals surface area contributed by atoms with Crippen molar-refractivity contribution >= 4 is 43.6 Å². The number of benzene rings is 8. The number of nitrogens with zero attached hydrogens (tertiary/aromatic N) is 4. The Bertz CT molecular complexity index is 3800. The number of pyridine rings is 2. The van der Waals surface area contributed by atoms with Gasteiger partial charge in [0.1, 0.15) is 17.5 Å². The molecule has 0 bridgehead atoms. The summed E-state index contributed by atoms with van der Waals surface area (Å²) in [6, 6.07) is 63.0. The van der Waals surface area contributed by atoms with E-state index in [1.165, 1.54) is 24.3 Å². The summed E-state index contributed by atoms with van der Waals surface area (Å²) < 4.78 is 53.8. The zero-order valence-corrected chi connectivity index (χ0v) is 34.6. The van der Waals surface area contributed by atoms with Crippen LogP contribution in [0.1, 0.15) is 0 Å². The molecular formula is C58H35F3N4. The first-order chi connectivity index (χ1) is 32.0. The predicted molar refractivity (Wildman–Crippen MR) is 258 cm³/mol. The van der Waals surface area contributed by atoms with Crippen molar-refractivity contribution in [3.63, 3.8) is 0 Å². The first kappa shape index (κ1) is 38.2. The van der Waals surface area contributed by atoms with Gasteiger partial charge in [-0.2, -0.15) is 0 Å². The van der Waals surface area contributed by atoms with E-state index in [0.717, 1.165) is 88.4 Å². The molecule has 0 N–H and O–H groups in total. The molecule has 0 unspecified atom stereocenters. The molecule has 12 aromatic rings. The Kier molecular flexibility index (Phi) is 9.02. The van der Waals surface area contributed by atoms with Crippen LogP contribution in [0.15, 0.2) is 213 Å². The van der Waals surface area contributed by atoms with Gasteiger partial charge in [-0.05, 0) is 101 Å². The van der Waals surface area contributed by atoms with Crippen LogP contribution in [-0.2, 0) is 0 Å². The number of rotatable bonds is 7. The molecule has 0 aliphatic carbocycles. The van der Waals surface area contributed by atoms with Crippen molar-refractivity contribution in [3.05, 3.63) is 230 Å². The Labute approximate surface area is 371 Å². The molecule has 8 aromatic carbocycles. The highest BCUT2D eigenvalue weighted by Crippen LogP contribution is 2.43. The average molecular weight is 845 g/mol. The Morgan fingerprint density at radius 2 is 0.754 bits per heavy atom. The van der Waals surface area contributed by atoms with E-state index < -0.39 is 17.5 Å². The van der Waals surface area contributed by atoms with Crippen LogP contribution in [0.25, 0.3) is 111 Å². The van der Waals surface area contributed by atoms with E-state index >= 15 is 13.2 Å². The fraction of sp³-hybridized carbons (Fsp3) is 0. The van der Waals surface area contributed by atoms with Crippen LogP contribution < -0.4 is 0 Å². The standard InChI is InChI=1S/C58H35F3N4/c59-47-18-11-19-48(60)58(47)46-34-57(65-53-21-10-8-17-43(53)45-31-39(23-25-55(45)65)41-27-29-63-51(33-41)37-14-5-2-6-15-37)49(61)35-56(46)64-52-20-9-7-16-42(52)44-30-38(22-24-54(44)64)40-26-28-62-50(32-40)36-12-3-1-4-13-36/h1-35H. The molecule has 0 spiro atoms. The number of fused-ring (bicyclic) bond motifs is 6. The molecule has 7 heteroatoms. The van der Waals surface area contributed by atoms with Gasteiger partial charge in [0.2, 0.25) is 0 Å². The second kappa shape index (κ2) is 15.4. The number of hydrogen-bond acceptors (Lipinski definition) is 2. The minimum Gasteiger partial charge on any atom is -0.309 e. The molecule has 0 atom stereocenters. The SMILES string of the molecule is Fc1cc(-n2c3ccccc3c3cc(-c4ccnc(-c5ccccc5)c4)ccc32)c(-c2c(F)cccc2F)cc1-n1c2ccccc2c2cc(-c3ccnc(-c4ccccc4)c3)ccc21. The Balaban J connectivity index is 1.06. The van der Waals surface area contributed by atoms with Crippen molar-refractivity contribution < 1.29 is 13.2 Å². The van der Waals surface area contributed by atoms with Crippen LogP contribution in [-0.4, -0.2) is 19.1 Å². The molecule has 0 fully saturated rings. The van der Waals surface area contributed by atoms with Crippen molar-refractivity contribution in [3.8, 4) is 67.3 Å². The van der Waals surface area contributed by atoms with Crippen molar-refractivity contribution in [1.29, 1.82) is 0 Å². The summed E-state index contributed by atoms with van der Waals surface area (Å²) in [6.45, 7) is 0. The zero-order valence-electron chi connectivity index (χ0n) is 34.6. The molecule has 4 nitrogen and oxygen atoms in total. The van der Waals surface area contributed by atoms with Gasteiger partial charge < -0.3 is 9.13 Å². The van der Waals surface area contributed by atoms with Crippen molar-refractivity contribution in [2.75, 3.05) is 0 Å². The highest BCUT2D eigenvalue weighted by atomic mass is 19.1. The van der Waals surface area contributed by atoms with Gasteiger partial charge in [0, 0.05) is 56.7 Å². The fourth-order valence-corrected chi connectivity index (χ4v) is 9.44. The minimum absolute atomic E-state index is 0.163. The van der Waals surface area contributed by atoms with Crippen molar-refractivity contribution in [2.45, 2.75) is 0 Å². The molecule has 0 aliphatic rings. The van der Waals surface area contributed by atoms with Crippen LogP contribution in [0, 0.1) is 17.5 Å². The summed E-state index contributed by atoms with van der Waals surface area (Å²) in [6.07, 6.45) is 3.62. The van der Waals surface area contributed by atoms with E-state index in [1.54, 1.807) is 6.07 Å². The molecule has 12 rings (SSSR count). The van der Waals surface area contributed by atoms with Gasteiger partial charge in [0.05, 0.1) is 50.4 Å². The van der Waals surface area contributed by atoms with E-state index in [4.69, 9.17) is 0 Å². The second-order valence-corrected chi connectivity index (χ2v) is 16.2. The number of aromatic nitrogens is 4. The lowest BCUT2D eigenvalue weighted by Gasteiger charge is -2.19. The maximum absolute atomic E-state index is 17.5. The van der Waals surface area contributed by atoms with Gasteiger partial charge in [-0.3, -0.25) is 9.97 Å². The van der Waals surface area contributed by atoms with Crippen LogP contribution >= 0.6 is 0 Å². The van der Waals surface area contributed by atoms with E-state index in [2.05, 4.69) is 34.2 Å². The fourth-order valence-electron chi connectivity index (χ4n) is 9.44. The molecule has 0 amide bonds. The average Bonchev–Trinajstić information content (AvgIpc) is 3.87. The van der Waals surface area contributed by atoms with Crippen LogP contribution in [0.2, 0.25) is 0 Å². The molecule has 0 radical (unpaired) electrons. The lowest BCUT2D eigenvalue weighted by Crippen LogP contribution is -2.05. The van der Waals surface area contributed by atoms with E-state index in [-0.39, 0.29) is 16.8 Å². The highest BCUT2D eigenvalue weighted by molar-refractivity contribution is 6.12. The second-order valence-electron chi connectivity index (χ2n) is 16.2. The van der Waals surface area contributed by atoms with E-state index in [9.17, 15) is 0 Å². The minimum atomic E-state index is -0.752. The molecule has 4 aromatic heterocycles. The van der Waals surface area contributed by atoms with E-state index in [1.807, 2.05) is 167 Å².